The Hall–Kier alpha value is -2.49. The third-order valence-corrected chi connectivity index (χ3v) is 2.82. The molecular formula is C11H10BrN3O6. The number of rotatable bonds is 6. The smallest absolute Gasteiger partial charge is 0.326 e. The summed E-state index contributed by atoms with van der Waals surface area (Å²) in [6, 6.07) is 1.96. The quantitative estimate of drug-likeness (QED) is 0.494. The maximum absolute atomic E-state index is 11.9. The van der Waals surface area contributed by atoms with E-state index in [0.29, 0.717) is 0 Å². The van der Waals surface area contributed by atoms with Gasteiger partial charge in [0.1, 0.15) is 6.04 Å². The van der Waals surface area contributed by atoms with Crippen molar-refractivity contribution in [2.75, 3.05) is 0 Å². The Morgan fingerprint density at radius 3 is 2.48 bits per heavy atom. The van der Waals surface area contributed by atoms with Gasteiger partial charge in [-0.1, -0.05) is 15.9 Å². The summed E-state index contributed by atoms with van der Waals surface area (Å²) in [4.78, 5) is 43.5. The minimum Gasteiger partial charge on any atom is -0.480 e. The highest BCUT2D eigenvalue weighted by Gasteiger charge is 2.23. The van der Waals surface area contributed by atoms with E-state index in [1.807, 2.05) is 0 Å². The highest BCUT2D eigenvalue weighted by atomic mass is 79.9. The van der Waals surface area contributed by atoms with E-state index < -0.39 is 35.2 Å². The van der Waals surface area contributed by atoms with Crippen LogP contribution in [-0.2, 0) is 9.59 Å². The second kappa shape index (κ2) is 6.79. The Kier molecular flexibility index (Phi) is 5.36. The van der Waals surface area contributed by atoms with Crippen LogP contribution in [-0.4, -0.2) is 33.9 Å². The zero-order valence-electron chi connectivity index (χ0n) is 10.4. The summed E-state index contributed by atoms with van der Waals surface area (Å²) in [5, 5.41) is 21.7. The van der Waals surface area contributed by atoms with Crippen LogP contribution in [0.5, 0.6) is 0 Å². The van der Waals surface area contributed by atoms with Crippen molar-refractivity contribution < 1.29 is 24.4 Å². The second-order valence-corrected chi connectivity index (χ2v) is 4.91. The van der Waals surface area contributed by atoms with Crippen LogP contribution in [0.4, 0.5) is 5.69 Å². The number of amides is 2. The molecule has 2 amide bonds. The first-order chi connectivity index (χ1) is 9.70. The molecule has 1 aromatic rings. The van der Waals surface area contributed by atoms with Crippen molar-refractivity contribution in [1.29, 1.82) is 0 Å². The molecule has 1 aromatic carbocycles. The molecule has 0 fully saturated rings. The third-order valence-electron chi connectivity index (χ3n) is 2.36. The van der Waals surface area contributed by atoms with Gasteiger partial charge in [-0.3, -0.25) is 19.7 Å². The van der Waals surface area contributed by atoms with E-state index in [1.54, 1.807) is 0 Å². The van der Waals surface area contributed by atoms with Crippen molar-refractivity contribution in [2.24, 2.45) is 5.73 Å². The molecule has 112 valence electrons. The lowest BCUT2D eigenvalue weighted by Crippen LogP contribution is -2.43. The van der Waals surface area contributed by atoms with E-state index in [2.05, 4.69) is 21.2 Å². The number of carbonyl (C=O) groups is 3. The fourth-order valence-electron chi connectivity index (χ4n) is 1.45. The van der Waals surface area contributed by atoms with E-state index in [-0.39, 0.29) is 15.7 Å². The maximum atomic E-state index is 11.9. The number of nitrogens with one attached hydrogen (secondary N) is 1. The fourth-order valence-corrected chi connectivity index (χ4v) is 1.93. The number of hydrogen-bond donors (Lipinski definition) is 3. The van der Waals surface area contributed by atoms with Crippen LogP contribution in [0, 0.1) is 10.1 Å². The molecule has 1 rings (SSSR count). The maximum Gasteiger partial charge on any atom is 0.326 e. The van der Waals surface area contributed by atoms with E-state index in [4.69, 9.17) is 10.8 Å². The van der Waals surface area contributed by atoms with Gasteiger partial charge in [-0.15, -0.1) is 0 Å². The zero-order valence-corrected chi connectivity index (χ0v) is 12.0. The van der Waals surface area contributed by atoms with Crippen LogP contribution in [0.1, 0.15) is 16.8 Å². The minimum atomic E-state index is -1.51. The van der Waals surface area contributed by atoms with Gasteiger partial charge in [0.05, 0.1) is 11.3 Å². The van der Waals surface area contributed by atoms with Gasteiger partial charge in [0.25, 0.3) is 11.6 Å². The van der Waals surface area contributed by atoms with Crippen molar-refractivity contribution in [3.8, 4) is 0 Å². The molecule has 0 radical (unpaired) electrons. The van der Waals surface area contributed by atoms with Crippen LogP contribution >= 0.6 is 15.9 Å². The highest BCUT2D eigenvalue weighted by molar-refractivity contribution is 9.10. The number of carboxylic acids is 1. The number of nitrogens with zero attached hydrogens (tertiary/aromatic N) is 1. The van der Waals surface area contributed by atoms with Gasteiger partial charge in [0.15, 0.2) is 0 Å². The van der Waals surface area contributed by atoms with E-state index in [1.165, 1.54) is 12.1 Å². The Balaban J connectivity index is 2.99. The van der Waals surface area contributed by atoms with E-state index in [0.717, 1.165) is 6.07 Å². The summed E-state index contributed by atoms with van der Waals surface area (Å²) < 4.78 is 0.281. The first kappa shape index (κ1) is 16.6. The molecule has 1 atom stereocenters. The summed E-state index contributed by atoms with van der Waals surface area (Å²) in [7, 11) is 0. The summed E-state index contributed by atoms with van der Waals surface area (Å²) in [5.41, 5.74) is 4.43. The topological polar surface area (TPSA) is 153 Å². The molecule has 0 aliphatic rings. The standard InChI is InChI=1S/C11H10BrN3O6/c12-6-1-5(2-7(3-6)15(20)21)10(17)14-8(11(18)19)4-9(13)16/h1-3,8H,4H2,(H2,13,16)(H,14,17)(H,18,19)/t8-/m0/s1. The number of carbonyl (C=O) groups excluding carboxylic acids is 2. The number of aliphatic carboxylic acids is 1. The van der Waals surface area contributed by atoms with Crippen LogP contribution in [0.2, 0.25) is 0 Å². The number of hydrogen-bond acceptors (Lipinski definition) is 5. The van der Waals surface area contributed by atoms with Gasteiger partial charge in [-0.05, 0) is 6.07 Å². The van der Waals surface area contributed by atoms with Crippen molar-refractivity contribution in [3.63, 3.8) is 0 Å². The van der Waals surface area contributed by atoms with Gasteiger partial charge in [-0.25, -0.2) is 4.79 Å². The first-order valence-electron chi connectivity index (χ1n) is 5.47. The predicted molar refractivity (Wildman–Crippen MR) is 73.5 cm³/mol. The number of halogens is 1. The van der Waals surface area contributed by atoms with E-state index >= 15 is 0 Å². The molecule has 4 N–H and O–H groups in total. The lowest BCUT2D eigenvalue weighted by molar-refractivity contribution is -0.385. The Morgan fingerprint density at radius 2 is 2.00 bits per heavy atom. The summed E-state index contributed by atoms with van der Waals surface area (Å²) in [5.74, 6) is -3.21. The largest absolute Gasteiger partial charge is 0.480 e. The average Bonchev–Trinajstić information content (AvgIpc) is 2.36. The first-order valence-corrected chi connectivity index (χ1v) is 6.27. The lowest BCUT2D eigenvalue weighted by atomic mass is 10.1. The van der Waals surface area contributed by atoms with Crippen molar-refractivity contribution >= 4 is 39.4 Å². The van der Waals surface area contributed by atoms with E-state index in [9.17, 15) is 24.5 Å². The van der Waals surface area contributed by atoms with Gasteiger partial charge >= 0.3 is 5.97 Å². The van der Waals surface area contributed by atoms with Crippen molar-refractivity contribution in [3.05, 3.63) is 38.3 Å². The SMILES string of the molecule is NC(=O)C[C@H](NC(=O)c1cc(Br)cc([N+](=O)[O-])c1)C(=O)O. The molecule has 0 aliphatic heterocycles. The molecule has 0 aliphatic carbocycles. The molecule has 9 nitrogen and oxygen atoms in total. The molecule has 0 aromatic heterocycles. The van der Waals surface area contributed by atoms with Crippen LogP contribution in [0.15, 0.2) is 22.7 Å². The highest BCUT2D eigenvalue weighted by Crippen LogP contribution is 2.21. The van der Waals surface area contributed by atoms with Crippen LogP contribution in [0.3, 0.4) is 0 Å². The molecular weight excluding hydrogens is 350 g/mol. The minimum absolute atomic E-state index is 0.119. The van der Waals surface area contributed by atoms with Crippen LogP contribution in [0.25, 0.3) is 0 Å². The van der Waals surface area contributed by atoms with Gasteiger partial charge in [-0.2, -0.15) is 0 Å². The number of carboxylic acid groups (broad SMARTS) is 1. The van der Waals surface area contributed by atoms with Gasteiger partial charge in [0.2, 0.25) is 5.91 Å². The molecule has 0 heterocycles. The molecule has 0 saturated heterocycles. The zero-order chi connectivity index (χ0) is 16.2. The average molecular weight is 360 g/mol. The lowest BCUT2D eigenvalue weighted by Gasteiger charge is -2.12. The Labute approximate surface area is 126 Å². The predicted octanol–water partition coefficient (Wildman–Crippen LogP) is 0.416. The Bertz CT molecular complexity index is 618. The summed E-state index contributed by atoms with van der Waals surface area (Å²) in [6.07, 6.45) is -0.586. The summed E-state index contributed by atoms with van der Waals surface area (Å²) in [6.45, 7) is 0. The number of non-ortho nitro benzene ring substituents is 1. The Morgan fingerprint density at radius 1 is 1.38 bits per heavy atom. The molecule has 0 saturated carbocycles. The summed E-state index contributed by atoms with van der Waals surface area (Å²) >= 11 is 3.01. The number of primary amides is 1. The van der Waals surface area contributed by atoms with Crippen LogP contribution < -0.4 is 11.1 Å². The molecule has 21 heavy (non-hydrogen) atoms. The normalized spacial score (nSPS) is 11.5. The molecule has 0 unspecified atom stereocenters. The number of nitrogens with two attached hydrogens (primary N) is 1. The molecule has 0 spiro atoms. The number of benzene rings is 1. The van der Waals surface area contributed by atoms with Gasteiger partial charge in [0, 0.05) is 22.2 Å². The third kappa shape index (κ3) is 4.84. The van der Waals surface area contributed by atoms with Crippen molar-refractivity contribution in [1.82, 2.24) is 5.32 Å². The fraction of sp³-hybridized carbons (Fsp3) is 0.182. The molecule has 0 bridgehead atoms. The molecule has 10 heteroatoms. The number of nitro groups is 1. The monoisotopic (exact) mass is 359 g/mol. The van der Waals surface area contributed by atoms with Gasteiger partial charge < -0.3 is 16.2 Å². The number of nitro benzene ring substituents is 1. The van der Waals surface area contributed by atoms with Crippen molar-refractivity contribution in [2.45, 2.75) is 12.5 Å². The second-order valence-electron chi connectivity index (χ2n) is 3.99.